The monoisotopic (exact) mass is 423 g/mol. The van der Waals surface area contributed by atoms with Gasteiger partial charge in [-0.1, -0.05) is 0 Å². The van der Waals surface area contributed by atoms with Gasteiger partial charge in [0.15, 0.2) is 0 Å². The fourth-order valence-corrected chi connectivity index (χ4v) is 5.26. The third-order valence-electron chi connectivity index (χ3n) is 5.35. The fraction of sp³-hybridized carbons (Fsp3) is 0.474. The van der Waals surface area contributed by atoms with Gasteiger partial charge in [-0.2, -0.15) is 4.31 Å². The number of benzene rings is 1. The van der Waals surface area contributed by atoms with Gasteiger partial charge >= 0.3 is 0 Å². The van der Waals surface area contributed by atoms with Crippen LogP contribution >= 0.6 is 0 Å². The molecule has 0 amide bonds. The van der Waals surface area contributed by atoms with Gasteiger partial charge in [0, 0.05) is 51.4 Å². The van der Waals surface area contributed by atoms with Crippen molar-refractivity contribution in [2.75, 3.05) is 49.1 Å². The molecule has 0 N–H and O–H groups in total. The Labute approximate surface area is 169 Å². The van der Waals surface area contributed by atoms with Crippen LogP contribution in [0.3, 0.4) is 0 Å². The third-order valence-corrected chi connectivity index (χ3v) is 7.23. The Morgan fingerprint density at radius 1 is 0.724 bits per heavy atom. The molecule has 0 unspecified atom stereocenters. The zero-order chi connectivity index (χ0) is 20.4. The van der Waals surface area contributed by atoms with Gasteiger partial charge < -0.3 is 9.80 Å². The molecular weight excluding hydrogens is 400 g/mol. The maximum atomic E-state index is 13.5. The summed E-state index contributed by atoms with van der Waals surface area (Å²) in [6, 6.07) is 4.30. The molecule has 1 aromatic carbocycles. The molecular formula is C19H23F2N5O2S. The number of piperazine rings is 1. The summed E-state index contributed by atoms with van der Waals surface area (Å²) in [5.74, 6) is -0.170. The van der Waals surface area contributed by atoms with Gasteiger partial charge in [0.2, 0.25) is 10.0 Å². The van der Waals surface area contributed by atoms with E-state index in [1.807, 2.05) is 11.0 Å². The molecule has 0 radical (unpaired) electrons. The highest BCUT2D eigenvalue weighted by atomic mass is 32.2. The van der Waals surface area contributed by atoms with Crippen molar-refractivity contribution in [2.24, 2.45) is 0 Å². The molecule has 0 aliphatic carbocycles. The number of anilines is 2. The van der Waals surface area contributed by atoms with E-state index in [2.05, 4.69) is 14.9 Å². The summed E-state index contributed by atoms with van der Waals surface area (Å²) in [5, 5.41) is 0. The summed E-state index contributed by atoms with van der Waals surface area (Å²) in [7, 11) is -3.95. The molecule has 0 bridgehead atoms. The van der Waals surface area contributed by atoms with Crippen LogP contribution in [0.15, 0.2) is 35.5 Å². The quantitative estimate of drug-likeness (QED) is 0.752. The Hall–Kier alpha value is -2.33. The minimum atomic E-state index is -3.95. The predicted molar refractivity (Wildman–Crippen MR) is 105 cm³/mol. The van der Waals surface area contributed by atoms with Crippen LogP contribution in [-0.4, -0.2) is 62.0 Å². The van der Waals surface area contributed by atoms with Crippen LogP contribution in [0.5, 0.6) is 0 Å². The molecule has 10 heteroatoms. The van der Waals surface area contributed by atoms with Crippen molar-refractivity contribution in [1.82, 2.24) is 14.3 Å². The van der Waals surface area contributed by atoms with Crippen LogP contribution < -0.4 is 9.80 Å². The lowest BCUT2D eigenvalue weighted by Gasteiger charge is -2.35. The second-order valence-electron chi connectivity index (χ2n) is 7.28. The zero-order valence-corrected chi connectivity index (χ0v) is 16.8. The lowest BCUT2D eigenvalue weighted by atomic mass is 10.1. The van der Waals surface area contributed by atoms with E-state index in [0.29, 0.717) is 19.2 Å². The van der Waals surface area contributed by atoms with Crippen molar-refractivity contribution in [3.63, 3.8) is 0 Å². The second-order valence-corrected chi connectivity index (χ2v) is 9.22. The smallest absolute Gasteiger partial charge is 0.243 e. The fourth-order valence-electron chi connectivity index (χ4n) is 3.79. The van der Waals surface area contributed by atoms with Crippen LogP contribution in [0.1, 0.15) is 19.3 Å². The number of nitrogens with zero attached hydrogens (tertiary/aromatic N) is 5. The largest absolute Gasteiger partial charge is 0.356 e. The number of hydrogen-bond donors (Lipinski definition) is 0. The molecule has 0 atom stereocenters. The van der Waals surface area contributed by atoms with Crippen LogP contribution in [0.2, 0.25) is 0 Å². The van der Waals surface area contributed by atoms with Gasteiger partial charge in [-0.25, -0.2) is 27.2 Å². The first-order chi connectivity index (χ1) is 13.9. The minimum Gasteiger partial charge on any atom is -0.356 e. The molecule has 0 saturated carbocycles. The Morgan fingerprint density at radius 2 is 1.28 bits per heavy atom. The molecule has 7 nitrogen and oxygen atoms in total. The molecule has 2 saturated heterocycles. The van der Waals surface area contributed by atoms with Gasteiger partial charge in [0.05, 0.1) is 4.90 Å². The van der Waals surface area contributed by atoms with Gasteiger partial charge in [-0.05, 0) is 31.4 Å². The third kappa shape index (κ3) is 4.32. The van der Waals surface area contributed by atoms with Crippen LogP contribution in [0, 0.1) is 11.6 Å². The number of rotatable bonds is 4. The Morgan fingerprint density at radius 3 is 1.86 bits per heavy atom. The molecule has 2 aromatic rings. The highest BCUT2D eigenvalue weighted by molar-refractivity contribution is 7.89. The lowest BCUT2D eigenvalue weighted by molar-refractivity contribution is 0.383. The van der Waals surface area contributed by atoms with Crippen LogP contribution in [0.25, 0.3) is 0 Å². The van der Waals surface area contributed by atoms with E-state index >= 15 is 0 Å². The standard InChI is InChI=1S/C19H23F2N5O2S/c20-15-10-16(21)12-17(11-15)29(27,28)26-8-6-25(7-9-26)19-13-18(22-14-23-19)24-4-2-1-3-5-24/h10-14H,1-9H2. The average molecular weight is 423 g/mol. The van der Waals surface area contributed by atoms with E-state index in [1.54, 1.807) is 0 Å². The topological polar surface area (TPSA) is 69.6 Å². The summed E-state index contributed by atoms with van der Waals surface area (Å²) in [5.41, 5.74) is 0. The molecule has 1 aromatic heterocycles. The van der Waals surface area contributed by atoms with Gasteiger partial charge in [0.25, 0.3) is 0 Å². The van der Waals surface area contributed by atoms with Crippen molar-refractivity contribution in [1.29, 1.82) is 0 Å². The maximum absolute atomic E-state index is 13.5. The molecule has 2 aliphatic rings. The van der Waals surface area contributed by atoms with E-state index in [1.165, 1.54) is 17.1 Å². The highest BCUT2D eigenvalue weighted by Gasteiger charge is 2.30. The molecule has 3 heterocycles. The Bertz CT molecular complexity index is 954. The first-order valence-corrected chi connectivity index (χ1v) is 11.2. The van der Waals surface area contributed by atoms with E-state index in [9.17, 15) is 17.2 Å². The summed E-state index contributed by atoms with van der Waals surface area (Å²) >= 11 is 0. The normalized spacial score (nSPS) is 18.8. The van der Waals surface area contributed by atoms with Crippen molar-refractivity contribution < 1.29 is 17.2 Å². The Balaban J connectivity index is 1.45. The zero-order valence-electron chi connectivity index (χ0n) is 16.0. The molecule has 2 fully saturated rings. The highest BCUT2D eigenvalue weighted by Crippen LogP contribution is 2.24. The SMILES string of the molecule is O=S(=O)(c1cc(F)cc(F)c1)N1CCN(c2cc(N3CCCCC3)ncn2)CC1. The first-order valence-electron chi connectivity index (χ1n) is 9.72. The van der Waals surface area contributed by atoms with E-state index in [-0.39, 0.29) is 18.0 Å². The summed E-state index contributed by atoms with van der Waals surface area (Å²) in [6.07, 6.45) is 5.07. The van der Waals surface area contributed by atoms with Crippen LogP contribution in [-0.2, 0) is 10.0 Å². The molecule has 0 spiro atoms. The van der Waals surface area contributed by atoms with Crippen LogP contribution in [0.4, 0.5) is 20.4 Å². The number of hydrogen-bond acceptors (Lipinski definition) is 6. The molecule has 2 aliphatic heterocycles. The summed E-state index contributed by atoms with van der Waals surface area (Å²) in [6.45, 7) is 3.26. The molecule has 29 heavy (non-hydrogen) atoms. The van der Waals surface area contributed by atoms with Crippen molar-refractivity contribution >= 4 is 21.7 Å². The number of sulfonamides is 1. The average Bonchev–Trinajstić information content (AvgIpc) is 2.74. The minimum absolute atomic E-state index is 0.212. The Kier molecular flexibility index (Phi) is 5.64. The first kappa shape index (κ1) is 20.0. The molecule has 156 valence electrons. The maximum Gasteiger partial charge on any atom is 0.243 e. The summed E-state index contributed by atoms with van der Waals surface area (Å²) in [4.78, 5) is 12.6. The van der Waals surface area contributed by atoms with Gasteiger partial charge in [-0.3, -0.25) is 0 Å². The lowest BCUT2D eigenvalue weighted by Crippen LogP contribution is -2.49. The van der Waals surface area contributed by atoms with Crippen molar-refractivity contribution in [2.45, 2.75) is 24.2 Å². The number of halogens is 2. The van der Waals surface area contributed by atoms with Gasteiger partial charge in [-0.15, -0.1) is 0 Å². The molecule has 4 rings (SSSR count). The number of aromatic nitrogens is 2. The van der Waals surface area contributed by atoms with E-state index < -0.39 is 21.7 Å². The number of piperidine rings is 1. The van der Waals surface area contributed by atoms with Crippen molar-refractivity contribution in [3.05, 3.63) is 42.2 Å². The predicted octanol–water partition coefficient (Wildman–Crippen LogP) is 2.26. The second kappa shape index (κ2) is 8.19. The van der Waals surface area contributed by atoms with E-state index in [0.717, 1.165) is 49.7 Å². The van der Waals surface area contributed by atoms with Gasteiger partial charge in [0.1, 0.15) is 29.6 Å². The van der Waals surface area contributed by atoms with Crippen molar-refractivity contribution in [3.8, 4) is 0 Å². The van der Waals surface area contributed by atoms with E-state index in [4.69, 9.17) is 0 Å². The summed E-state index contributed by atoms with van der Waals surface area (Å²) < 4.78 is 53.6.